The topological polar surface area (TPSA) is 43.4 Å². The Morgan fingerprint density at radius 1 is 1.31 bits per heavy atom. The lowest BCUT2D eigenvalue weighted by Crippen LogP contribution is -2.43. The average Bonchev–Trinajstić information content (AvgIpc) is 2.50. The van der Waals surface area contributed by atoms with Gasteiger partial charge in [0.05, 0.1) is 6.42 Å². The fourth-order valence-electron chi connectivity index (χ4n) is 2.34. The lowest BCUT2D eigenvalue weighted by Gasteiger charge is -2.35. The second-order valence-electron chi connectivity index (χ2n) is 3.90. The number of halogens is 1. The molecule has 1 aliphatic carbocycles. The zero-order chi connectivity index (χ0) is 9.47. The van der Waals surface area contributed by atoms with Crippen LogP contribution in [0.2, 0.25) is 0 Å². The van der Waals surface area contributed by atoms with E-state index in [9.17, 15) is 9.59 Å². The van der Waals surface area contributed by atoms with E-state index in [-0.39, 0.29) is 16.2 Å². The number of carbonyl (C=O) groups excluding carboxylic acids is 2. The fraction of sp³-hybridized carbons (Fsp3) is 0.778. The van der Waals surface area contributed by atoms with Crippen LogP contribution in [-0.4, -0.2) is 16.8 Å². The van der Waals surface area contributed by atoms with Crippen molar-refractivity contribution < 1.29 is 14.3 Å². The van der Waals surface area contributed by atoms with Gasteiger partial charge in [-0.25, -0.2) is 0 Å². The van der Waals surface area contributed by atoms with Crippen LogP contribution in [0, 0.1) is 5.41 Å². The van der Waals surface area contributed by atoms with Gasteiger partial charge in [-0.1, -0.05) is 28.8 Å². The largest absolute Gasteiger partial charge is 0.392 e. The molecule has 4 heteroatoms. The van der Waals surface area contributed by atoms with Crippen molar-refractivity contribution in [2.75, 3.05) is 0 Å². The molecule has 1 saturated heterocycles. The van der Waals surface area contributed by atoms with Crippen molar-refractivity contribution in [3.05, 3.63) is 0 Å². The first-order valence-electron chi connectivity index (χ1n) is 4.53. The molecule has 0 bridgehead atoms. The van der Waals surface area contributed by atoms with Gasteiger partial charge in [-0.3, -0.25) is 9.59 Å². The zero-order valence-electron chi connectivity index (χ0n) is 7.22. The number of rotatable bonds is 0. The molecule has 1 spiro atoms. The summed E-state index contributed by atoms with van der Waals surface area (Å²) in [6, 6.07) is 0. The van der Waals surface area contributed by atoms with Gasteiger partial charge in [0.1, 0.15) is 4.83 Å². The van der Waals surface area contributed by atoms with Crippen molar-refractivity contribution in [2.24, 2.45) is 5.41 Å². The highest BCUT2D eigenvalue weighted by Crippen LogP contribution is 2.49. The SMILES string of the molecule is O=C1CC2(CCCC2)C(Br)C(=O)O1. The predicted octanol–water partition coefficient (Wildman–Crippen LogP) is 1.78. The summed E-state index contributed by atoms with van der Waals surface area (Å²) >= 11 is 3.34. The highest BCUT2D eigenvalue weighted by Gasteiger charge is 2.50. The fourth-order valence-corrected chi connectivity index (χ4v) is 3.05. The molecule has 0 N–H and O–H groups in total. The third kappa shape index (κ3) is 1.41. The van der Waals surface area contributed by atoms with Crippen molar-refractivity contribution in [3.63, 3.8) is 0 Å². The van der Waals surface area contributed by atoms with Crippen LogP contribution in [0.3, 0.4) is 0 Å². The molecule has 1 unspecified atom stereocenters. The van der Waals surface area contributed by atoms with Crippen LogP contribution < -0.4 is 0 Å². The number of carbonyl (C=O) groups is 2. The van der Waals surface area contributed by atoms with Gasteiger partial charge in [-0.05, 0) is 12.8 Å². The maximum atomic E-state index is 11.3. The van der Waals surface area contributed by atoms with E-state index in [0.717, 1.165) is 25.7 Å². The van der Waals surface area contributed by atoms with E-state index in [1.54, 1.807) is 0 Å². The Hall–Kier alpha value is -0.380. The number of hydrogen-bond donors (Lipinski definition) is 0. The van der Waals surface area contributed by atoms with Gasteiger partial charge >= 0.3 is 11.9 Å². The Kier molecular flexibility index (Phi) is 2.18. The summed E-state index contributed by atoms with van der Waals surface area (Å²) in [5, 5.41) is 0. The lowest BCUT2D eigenvalue weighted by molar-refractivity contribution is -0.168. The van der Waals surface area contributed by atoms with Crippen LogP contribution in [0.4, 0.5) is 0 Å². The van der Waals surface area contributed by atoms with Gasteiger partial charge < -0.3 is 4.74 Å². The number of ether oxygens (including phenoxy) is 1. The van der Waals surface area contributed by atoms with Crippen molar-refractivity contribution in [1.29, 1.82) is 0 Å². The van der Waals surface area contributed by atoms with Crippen LogP contribution in [0.5, 0.6) is 0 Å². The van der Waals surface area contributed by atoms with E-state index < -0.39 is 5.97 Å². The van der Waals surface area contributed by atoms with Crippen molar-refractivity contribution in [3.8, 4) is 0 Å². The molecule has 1 saturated carbocycles. The Labute approximate surface area is 85.0 Å². The molecule has 0 amide bonds. The minimum atomic E-state index is -0.404. The number of alkyl halides is 1. The minimum Gasteiger partial charge on any atom is -0.392 e. The van der Waals surface area contributed by atoms with Crippen molar-refractivity contribution in [2.45, 2.75) is 36.9 Å². The van der Waals surface area contributed by atoms with E-state index in [1.807, 2.05) is 0 Å². The molecule has 0 aromatic carbocycles. The van der Waals surface area contributed by atoms with E-state index in [4.69, 9.17) is 0 Å². The molecule has 2 rings (SSSR count). The van der Waals surface area contributed by atoms with Crippen molar-refractivity contribution >= 4 is 27.9 Å². The van der Waals surface area contributed by atoms with E-state index in [0.29, 0.717) is 6.42 Å². The molecule has 1 heterocycles. The minimum absolute atomic E-state index is 0.133. The molecular weight excluding hydrogens is 236 g/mol. The van der Waals surface area contributed by atoms with E-state index in [1.165, 1.54) is 0 Å². The molecule has 0 radical (unpaired) electrons. The Morgan fingerprint density at radius 3 is 2.54 bits per heavy atom. The van der Waals surface area contributed by atoms with Gasteiger partial charge in [0.25, 0.3) is 0 Å². The maximum absolute atomic E-state index is 11.3. The smallest absolute Gasteiger partial charge is 0.327 e. The van der Waals surface area contributed by atoms with Crippen molar-refractivity contribution in [1.82, 2.24) is 0 Å². The summed E-state index contributed by atoms with van der Waals surface area (Å²) in [5.41, 5.74) is -0.133. The average molecular weight is 247 g/mol. The number of cyclic esters (lactones) is 2. The first-order chi connectivity index (χ1) is 6.14. The standard InChI is InChI=1S/C9H11BrO3/c10-7-8(12)13-6(11)5-9(7)3-1-2-4-9/h7H,1-5H2. The van der Waals surface area contributed by atoms with Gasteiger partial charge in [0.2, 0.25) is 0 Å². The molecular formula is C9H11BrO3. The van der Waals surface area contributed by atoms with Gasteiger partial charge in [0.15, 0.2) is 0 Å². The molecule has 2 aliphatic rings. The van der Waals surface area contributed by atoms with Gasteiger partial charge in [-0.2, -0.15) is 0 Å². The second kappa shape index (κ2) is 3.08. The third-order valence-corrected chi connectivity index (χ3v) is 4.40. The number of esters is 2. The highest BCUT2D eigenvalue weighted by atomic mass is 79.9. The normalized spacial score (nSPS) is 32.2. The van der Waals surface area contributed by atoms with Crippen LogP contribution >= 0.6 is 15.9 Å². The first kappa shape index (κ1) is 9.19. The molecule has 13 heavy (non-hydrogen) atoms. The molecule has 1 aliphatic heterocycles. The van der Waals surface area contributed by atoms with Gasteiger partial charge in [-0.15, -0.1) is 0 Å². The molecule has 0 aromatic heterocycles. The second-order valence-corrected chi connectivity index (χ2v) is 4.82. The quantitative estimate of drug-likeness (QED) is 0.372. The lowest BCUT2D eigenvalue weighted by atomic mass is 9.78. The molecule has 3 nitrogen and oxygen atoms in total. The number of hydrogen-bond acceptors (Lipinski definition) is 3. The molecule has 2 fully saturated rings. The predicted molar refractivity (Wildman–Crippen MR) is 49.3 cm³/mol. The van der Waals surface area contributed by atoms with Crippen LogP contribution in [-0.2, 0) is 14.3 Å². The zero-order valence-corrected chi connectivity index (χ0v) is 8.80. The van der Waals surface area contributed by atoms with E-state index in [2.05, 4.69) is 20.7 Å². The Balaban J connectivity index is 2.25. The maximum Gasteiger partial charge on any atom is 0.327 e. The van der Waals surface area contributed by atoms with Crippen LogP contribution in [0.1, 0.15) is 32.1 Å². The molecule has 72 valence electrons. The molecule has 0 aromatic rings. The first-order valence-corrected chi connectivity index (χ1v) is 5.44. The monoisotopic (exact) mass is 246 g/mol. The molecule has 1 atom stereocenters. The van der Waals surface area contributed by atoms with Gasteiger partial charge in [0, 0.05) is 5.41 Å². The Morgan fingerprint density at radius 2 is 1.92 bits per heavy atom. The summed E-state index contributed by atoms with van der Waals surface area (Å²) in [5.74, 6) is -0.763. The van der Waals surface area contributed by atoms with E-state index >= 15 is 0 Å². The summed E-state index contributed by atoms with van der Waals surface area (Å²) in [7, 11) is 0. The Bertz CT molecular complexity index is 256. The summed E-state index contributed by atoms with van der Waals surface area (Å²) in [6.07, 6.45) is 4.55. The highest BCUT2D eigenvalue weighted by molar-refractivity contribution is 9.10. The van der Waals surface area contributed by atoms with Crippen LogP contribution in [0.15, 0.2) is 0 Å². The summed E-state index contributed by atoms with van der Waals surface area (Å²) < 4.78 is 4.56. The third-order valence-electron chi connectivity index (χ3n) is 3.05. The summed E-state index contributed by atoms with van der Waals surface area (Å²) in [4.78, 5) is 22.1. The summed E-state index contributed by atoms with van der Waals surface area (Å²) in [6.45, 7) is 0. The van der Waals surface area contributed by atoms with Crippen LogP contribution in [0.25, 0.3) is 0 Å².